The molecule has 0 bridgehead atoms. The Balaban J connectivity index is 1.11. The smallest absolute Gasteiger partial charge is 0.0540 e. The zero-order valence-electron chi connectivity index (χ0n) is 28.1. The van der Waals surface area contributed by atoms with Crippen molar-refractivity contribution in [2.75, 3.05) is 4.90 Å². The van der Waals surface area contributed by atoms with E-state index >= 15 is 0 Å². The minimum Gasteiger partial charge on any atom is -0.310 e. The lowest BCUT2D eigenvalue weighted by Gasteiger charge is -2.29. The van der Waals surface area contributed by atoms with Gasteiger partial charge in [-0.3, -0.25) is 0 Å². The number of fused-ring (bicyclic) bond motifs is 6. The molecule has 0 amide bonds. The van der Waals surface area contributed by atoms with Crippen LogP contribution in [0.3, 0.4) is 0 Å². The molecule has 0 aromatic heterocycles. The minimum atomic E-state index is 0.151. The highest BCUT2D eigenvalue weighted by Crippen LogP contribution is 2.51. The maximum absolute atomic E-state index is 2.39. The van der Waals surface area contributed by atoms with Crippen LogP contribution < -0.4 is 4.90 Å². The van der Waals surface area contributed by atoms with E-state index in [9.17, 15) is 0 Å². The summed E-state index contributed by atoms with van der Waals surface area (Å²) in [5.74, 6) is 0. The van der Waals surface area contributed by atoms with E-state index in [1.807, 2.05) is 0 Å². The van der Waals surface area contributed by atoms with Crippen LogP contribution in [0.4, 0.5) is 17.1 Å². The summed E-state index contributed by atoms with van der Waals surface area (Å²) in [7, 11) is 0. The molecule has 0 fully saturated rings. The minimum absolute atomic E-state index is 0.151. The van der Waals surface area contributed by atoms with Crippen molar-refractivity contribution in [1.82, 2.24) is 0 Å². The van der Waals surface area contributed by atoms with E-state index in [4.69, 9.17) is 0 Å². The van der Waals surface area contributed by atoms with Crippen molar-refractivity contribution in [2.24, 2.45) is 0 Å². The van der Waals surface area contributed by atoms with Crippen LogP contribution in [0.1, 0.15) is 26.3 Å². The van der Waals surface area contributed by atoms with Crippen molar-refractivity contribution in [3.8, 4) is 44.5 Å². The molecule has 9 rings (SSSR count). The molecule has 0 spiro atoms. The van der Waals surface area contributed by atoms with Crippen LogP contribution in [0.5, 0.6) is 0 Å². The summed E-state index contributed by atoms with van der Waals surface area (Å²) in [6, 6.07) is 62.4. The van der Waals surface area contributed by atoms with Gasteiger partial charge in [-0.05, 0) is 132 Å². The molecule has 0 saturated carbocycles. The molecule has 1 heteroatoms. The monoisotopic (exact) mass is 627 g/mol. The number of anilines is 3. The van der Waals surface area contributed by atoms with E-state index in [1.165, 1.54) is 71.6 Å². The van der Waals surface area contributed by atoms with Crippen molar-refractivity contribution in [2.45, 2.75) is 26.2 Å². The van der Waals surface area contributed by atoms with Gasteiger partial charge in [0.15, 0.2) is 0 Å². The Morgan fingerprint density at radius 1 is 0.347 bits per heavy atom. The van der Waals surface area contributed by atoms with Gasteiger partial charge in [0.1, 0.15) is 0 Å². The fourth-order valence-electron chi connectivity index (χ4n) is 7.43. The molecule has 8 aromatic rings. The first-order valence-electron chi connectivity index (χ1n) is 17.2. The van der Waals surface area contributed by atoms with Crippen LogP contribution >= 0.6 is 0 Å². The van der Waals surface area contributed by atoms with E-state index in [-0.39, 0.29) is 5.41 Å². The molecule has 0 saturated heterocycles. The summed E-state index contributed by atoms with van der Waals surface area (Å²) in [6.45, 7) is 6.80. The molecule has 49 heavy (non-hydrogen) atoms. The van der Waals surface area contributed by atoms with Crippen LogP contribution in [-0.4, -0.2) is 0 Å². The Morgan fingerprint density at radius 3 is 1.53 bits per heavy atom. The molecule has 0 atom stereocenters. The van der Waals surface area contributed by atoms with E-state index in [2.05, 4.69) is 196 Å². The Bertz CT molecular complexity index is 2500. The normalized spacial score (nSPS) is 12.0. The molecular weight excluding hydrogens is 591 g/mol. The predicted octanol–water partition coefficient (Wildman–Crippen LogP) is 13.7. The lowest BCUT2D eigenvalue weighted by atomic mass is 9.77. The zero-order valence-corrected chi connectivity index (χ0v) is 28.1. The predicted molar refractivity (Wildman–Crippen MR) is 210 cm³/mol. The van der Waals surface area contributed by atoms with Crippen molar-refractivity contribution in [1.29, 1.82) is 0 Å². The summed E-state index contributed by atoms with van der Waals surface area (Å²) in [6.07, 6.45) is 0. The Kier molecular flexibility index (Phi) is 6.78. The summed E-state index contributed by atoms with van der Waals surface area (Å²) in [5.41, 5.74) is 15.2. The molecule has 0 unspecified atom stereocenters. The number of benzene rings is 8. The van der Waals surface area contributed by atoms with Gasteiger partial charge in [-0.1, -0.05) is 130 Å². The average Bonchev–Trinajstić information content (AvgIpc) is 3.14. The fraction of sp³-hybridized carbons (Fsp3) is 0.0833. The Morgan fingerprint density at radius 2 is 0.878 bits per heavy atom. The van der Waals surface area contributed by atoms with Gasteiger partial charge in [0.2, 0.25) is 0 Å². The molecule has 0 radical (unpaired) electrons. The van der Waals surface area contributed by atoms with Gasteiger partial charge in [-0.2, -0.15) is 0 Å². The first-order valence-corrected chi connectivity index (χ1v) is 17.2. The highest BCUT2D eigenvalue weighted by Gasteiger charge is 2.25. The molecule has 1 aliphatic rings. The summed E-state index contributed by atoms with van der Waals surface area (Å²) >= 11 is 0. The van der Waals surface area contributed by atoms with Gasteiger partial charge in [0.25, 0.3) is 0 Å². The van der Waals surface area contributed by atoms with Crippen LogP contribution in [0, 0.1) is 0 Å². The second kappa shape index (κ2) is 11.4. The molecule has 0 heterocycles. The number of nitrogens with zero attached hydrogens (tertiary/aromatic N) is 1. The van der Waals surface area contributed by atoms with Gasteiger partial charge in [0, 0.05) is 16.9 Å². The number of hydrogen-bond acceptors (Lipinski definition) is 1. The average molecular weight is 628 g/mol. The van der Waals surface area contributed by atoms with E-state index < -0.39 is 0 Å². The van der Waals surface area contributed by atoms with Gasteiger partial charge in [-0.25, -0.2) is 0 Å². The standard InChI is InChI=1S/C48H37N/c1-48(2,3)39-23-20-32(21-24-39)34-18-19-35-28-43-45(30-37(35)26-34)44-29-36-22-25-41(27-38(36)31-46(43)44)49(40-14-8-5-9-15-40)47-17-11-10-16-42(47)33-12-6-4-7-13-33/h4-31H,1-3H3. The lowest BCUT2D eigenvalue weighted by molar-refractivity contribution is 0.590. The van der Waals surface area contributed by atoms with Crippen LogP contribution in [0.2, 0.25) is 0 Å². The third kappa shape index (κ3) is 5.10. The summed E-state index contributed by atoms with van der Waals surface area (Å²) < 4.78 is 0. The SMILES string of the molecule is CC(C)(C)c1ccc(-c2ccc3cc4c(cc3c2)-c2cc3ccc(N(c5ccccc5)c5ccccc5-c5ccccc5)cc3cc2-4)cc1. The van der Waals surface area contributed by atoms with Crippen LogP contribution in [0.25, 0.3) is 66.1 Å². The first kappa shape index (κ1) is 29.2. The molecule has 0 aliphatic heterocycles. The second-order valence-corrected chi connectivity index (χ2v) is 14.3. The number of hydrogen-bond donors (Lipinski definition) is 0. The summed E-state index contributed by atoms with van der Waals surface area (Å²) in [4.78, 5) is 2.39. The molecular formula is C48H37N. The van der Waals surface area contributed by atoms with Gasteiger partial charge >= 0.3 is 0 Å². The summed E-state index contributed by atoms with van der Waals surface area (Å²) in [5, 5.41) is 5.06. The van der Waals surface area contributed by atoms with E-state index in [0.29, 0.717) is 0 Å². The van der Waals surface area contributed by atoms with Gasteiger partial charge < -0.3 is 4.90 Å². The van der Waals surface area contributed by atoms with Crippen molar-refractivity contribution < 1.29 is 0 Å². The number of para-hydroxylation sites is 2. The van der Waals surface area contributed by atoms with Crippen LogP contribution in [0.15, 0.2) is 170 Å². The Hall–Kier alpha value is -5.92. The molecule has 0 N–H and O–H groups in total. The van der Waals surface area contributed by atoms with E-state index in [0.717, 1.165) is 17.1 Å². The maximum Gasteiger partial charge on any atom is 0.0540 e. The first-order chi connectivity index (χ1) is 23.9. The Labute approximate surface area is 288 Å². The van der Waals surface area contributed by atoms with Crippen LogP contribution in [-0.2, 0) is 5.41 Å². The largest absolute Gasteiger partial charge is 0.310 e. The van der Waals surface area contributed by atoms with Gasteiger partial charge in [-0.15, -0.1) is 0 Å². The third-order valence-corrected chi connectivity index (χ3v) is 10.1. The highest BCUT2D eigenvalue weighted by molar-refractivity contribution is 6.12. The second-order valence-electron chi connectivity index (χ2n) is 14.3. The van der Waals surface area contributed by atoms with Crippen molar-refractivity contribution in [3.63, 3.8) is 0 Å². The molecule has 1 nitrogen and oxygen atoms in total. The topological polar surface area (TPSA) is 3.24 Å². The quantitative estimate of drug-likeness (QED) is 0.183. The molecule has 8 aromatic carbocycles. The molecule has 234 valence electrons. The molecule has 1 aliphatic carbocycles. The lowest BCUT2D eigenvalue weighted by Crippen LogP contribution is -2.11. The zero-order chi connectivity index (χ0) is 33.1. The van der Waals surface area contributed by atoms with Crippen molar-refractivity contribution >= 4 is 38.6 Å². The fourth-order valence-corrected chi connectivity index (χ4v) is 7.43. The third-order valence-electron chi connectivity index (χ3n) is 10.1. The van der Waals surface area contributed by atoms with Gasteiger partial charge in [0.05, 0.1) is 5.69 Å². The highest BCUT2D eigenvalue weighted by atomic mass is 15.1. The number of rotatable bonds is 5. The van der Waals surface area contributed by atoms with E-state index in [1.54, 1.807) is 0 Å². The van der Waals surface area contributed by atoms with Crippen molar-refractivity contribution in [3.05, 3.63) is 175 Å². The maximum atomic E-state index is 2.39.